The van der Waals surface area contributed by atoms with E-state index < -0.39 is 11.6 Å². The maximum absolute atomic E-state index is 12.7. The number of amides is 2. The van der Waals surface area contributed by atoms with E-state index >= 15 is 0 Å². The Labute approximate surface area is 153 Å². The second-order valence-electron chi connectivity index (χ2n) is 6.75. The van der Waals surface area contributed by atoms with E-state index in [1.807, 2.05) is 32.0 Å². The number of ether oxygens (including phenoxy) is 1. The van der Waals surface area contributed by atoms with Crippen LogP contribution in [0.1, 0.15) is 35.8 Å². The minimum atomic E-state index is -0.812. The third kappa shape index (κ3) is 5.60. The first-order chi connectivity index (χ1) is 12.3. The molecule has 0 heterocycles. The number of nitrogens with one attached hydrogen (secondary N) is 2. The molecule has 0 saturated carbocycles. The minimum Gasteiger partial charge on any atom is -0.497 e. The average molecular weight is 355 g/mol. The van der Waals surface area contributed by atoms with Crippen LogP contribution in [0.3, 0.4) is 0 Å². The van der Waals surface area contributed by atoms with E-state index in [0.717, 1.165) is 0 Å². The highest BCUT2D eigenvalue weighted by Crippen LogP contribution is 2.16. The second-order valence-corrected chi connectivity index (χ2v) is 6.75. The third-order valence-corrected chi connectivity index (χ3v) is 3.74. The van der Waals surface area contributed by atoms with E-state index in [9.17, 15) is 9.59 Å². The van der Waals surface area contributed by atoms with Crippen LogP contribution in [0.5, 0.6) is 5.75 Å². The van der Waals surface area contributed by atoms with Gasteiger partial charge in [0.15, 0.2) is 0 Å². The van der Waals surface area contributed by atoms with Crippen molar-refractivity contribution < 1.29 is 14.3 Å². The Morgan fingerprint density at radius 2 is 1.69 bits per heavy atom. The van der Waals surface area contributed by atoms with Crippen molar-refractivity contribution in [2.45, 2.75) is 25.4 Å². The van der Waals surface area contributed by atoms with Crippen LogP contribution in [0.25, 0.3) is 0 Å². The molecule has 0 aliphatic rings. The lowest BCUT2D eigenvalue weighted by Gasteiger charge is -2.23. The number of methoxy groups -OCH3 is 1. The van der Waals surface area contributed by atoms with Crippen LogP contribution in [0.15, 0.2) is 54.6 Å². The molecule has 6 nitrogen and oxygen atoms in total. The molecular weight excluding hydrogens is 330 g/mol. The van der Waals surface area contributed by atoms with Crippen molar-refractivity contribution in [1.29, 1.82) is 0 Å². The zero-order valence-corrected chi connectivity index (χ0v) is 15.3. The molecule has 1 unspecified atom stereocenters. The lowest BCUT2D eigenvalue weighted by molar-refractivity contribution is -0.123. The summed E-state index contributed by atoms with van der Waals surface area (Å²) in [6.45, 7) is 3.94. The summed E-state index contributed by atoms with van der Waals surface area (Å²) >= 11 is 0. The smallest absolute Gasteiger partial charge is 0.252 e. The molecule has 1 atom stereocenters. The Balaban J connectivity index is 2.17. The summed E-state index contributed by atoms with van der Waals surface area (Å²) in [7, 11) is 1.56. The number of rotatable bonds is 7. The van der Waals surface area contributed by atoms with Crippen molar-refractivity contribution in [3.8, 4) is 5.75 Å². The van der Waals surface area contributed by atoms with Gasteiger partial charge < -0.3 is 21.1 Å². The molecule has 2 rings (SSSR count). The fourth-order valence-corrected chi connectivity index (χ4v) is 2.32. The fourth-order valence-electron chi connectivity index (χ4n) is 2.32. The second kappa shape index (κ2) is 8.49. The number of carbonyl (C=O) groups is 2. The highest BCUT2D eigenvalue weighted by molar-refractivity contribution is 5.98. The normalized spacial score (nSPS) is 12.2. The van der Waals surface area contributed by atoms with Gasteiger partial charge in [-0.05, 0) is 43.7 Å². The van der Waals surface area contributed by atoms with Gasteiger partial charge in [-0.15, -0.1) is 0 Å². The topological polar surface area (TPSA) is 93.4 Å². The molecule has 4 N–H and O–H groups in total. The highest BCUT2D eigenvalue weighted by Gasteiger charge is 2.24. The molecule has 0 spiro atoms. The van der Waals surface area contributed by atoms with Crippen LogP contribution in [0.2, 0.25) is 0 Å². The van der Waals surface area contributed by atoms with Gasteiger partial charge in [-0.3, -0.25) is 9.59 Å². The molecule has 0 aromatic heterocycles. The number of hydrogen-bond acceptors (Lipinski definition) is 4. The van der Waals surface area contributed by atoms with E-state index in [4.69, 9.17) is 10.5 Å². The first-order valence-electron chi connectivity index (χ1n) is 8.36. The van der Waals surface area contributed by atoms with Gasteiger partial charge in [0, 0.05) is 17.6 Å². The molecule has 138 valence electrons. The Morgan fingerprint density at radius 3 is 2.23 bits per heavy atom. The summed E-state index contributed by atoms with van der Waals surface area (Å²) in [5.74, 6) is 0.00401. The predicted octanol–water partition coefficient (Wildman–Crippen LogP) is 2.02. The van der Waals surface area contributed by atoms with Gasteiger partial charge in [0.1, 0.15) is 11.8 Å². The van der Waals surface area contributed by atoms with Crippen LogP contribution >= 0.6 is 0 Å². The van der Waals surface area contributed by atoms with E-state index in [-0.39, 0.29) is 11.8 Å². The summed E-state index contributed by atoms with van der Waals surface area (Å²) in [5, 5.41) is 5.59. The van der Waals surface area contributed by atoms with E-state index in [1.165, 1.54) is 0 Å². The average Bonchev–Trinajstić information content (AvgIpc) is 2.64. The first kappa shape index (κ1) is 19.5. The minimum absolute atomic E-state index is 0.299. The van der Waals surface area contributed by atoms with E-state index in [1.54, 1.807) is 43.5 Å². The van der Waals surface area contributed by atoms with E-state index in [2.05, 4.69) is 10.6 Å². The van der Waals surface area contributed by atoms with Crippen molar-refractivity contribution in [2.24, 2.45) is 5.73 Å². The molecule has 0 radical (unpaired) electrons. The molecule has 2 aromatic rings. The Bertz CT molecular complexity index is 737. The van der Waals surface area contributed by atoms with Crippen LogP contribution in [0, 0.1) is 0 Å². The predicted molar refractivity (Wildman–Crippen MR) is 101 cm³/mol. The maximum Gasteiger partial charge on any atom is 0.252 e. The van der Waals surface area contributed by atoms with Crippen LogP contribution in [-0.2, 0) is 4.79 Å². The van der Waals surface area contributed by atoms with Gasteiger partial charge in [0.05, 0.1) is 7.11 Å². The lowest BCUT2D eigenvalue weighted by Crippen LogP contribution is -2.48. The lowest BCUT2D eigenvalue weighted by atomic mass is 10.0. The summed E-state index contributed by atoms with van der Waals surface area (Å²) in [6, 6.07) is 15.0. The third-order valence-electron chi connectivity index (χ3n) is 3.74. The van der Waals surface area contributed by atoms with Gasteiger partial charge in [-0.1, -0.05) is 30.3 Å². The first-order valence-corrected chi connectivity index (χ1v) is 8.36. The Hall–Kier alpha value is -2.86. The number of nitrogens with two attached hydrogens (primary N) is 1. The fraction of sp³-hybridized carbons (Fsp3) is 0.300. The molecule has 0 aliphatic carbocycles. The summed E-state index contributed by atoms with van der Waals surface area (Å²) in [5.41, 5.74) is 6.52. The Morgan fingerprint density at radius 1 is 1.08 bits per heavy atom. The van der Waals surface area contributed by atoms with Gasteiger partial charge in [-0.25, -0.2) is 0 Å². The number of carbonyl (C=O) groups excluding carboxylic acids is 2. The van der Waals surface area contributed by atoms with Crippen molar-refractivity contribution in [3.05, 3.63) is 65.7 Å². The highest BCUT2D eigenvalue weighted by atomic mass is 16.5. The molecule has 0 aliphatic heterocycles. The van der Waals surface area contributed by atoms with Gasteiger partial charge in [-0.2, -0.15) is 0 Å². The quantitative estimate of drug-likeness (QED) is 0.708. The molecule has 26 heavy (non-hydrogen) atoms. The zero-order chi connectivity index (χ0) is 19.2. The van der Waals surface area contributed by atoms with Crippen LogP contribution in [-0.4, -0.2) is 31.0 Å². The van der Waals surface area contributed by atoms with Crippen molar-refractivity contribution in [1.82, 2.24) is 10.6 Å². The molecule has 0 saturated heterocycles. The standard InChI is InChI=1S/C20H25N3O3/c1-20(2,21)13-22-19(25)17(14-7-5-4-6-8-14)23-18(24)15-9-11-16(26-3)12-10-15/h4-12,17H,13,21H2,1-3H3,(H,22,25)(H,23,24). The molecular formula is C20H25N3O3. The molecule has 6 heteroatoms. The molecule has 2 aromatic carbocycles. The molecule has 0 fully saturated rings. The van der Waals surface area contributed by atoms with Crippen LogP contribution < -0.4 is 21.1 Å². The number of hydrogen-bond donors (Lipinski definition) is 3. The molecule has 0 bridgehead atoms. The Kier molecular flexibility index (Phi) is 6.36. The van der Waals surface area contributed by atoms with Gasteiger partial charge >= 0.3 is 0 Å². The molecule has 2 amide bonds. The largest absolute Gasteiger partial charge is 0.497 e. The summed E-state index contributed by atoms with van der Waals surface area (Å²) < 4.78 is 5.09. The summed E-state index contributed by atoms with van der Waals surface area (Å²) in [6.07, 6.45) is 0. The monoisotopic (exact) mass is 355 g/mol. The summed E-state index contributed by atoms with van der Waals surface area (Å²) in [4.78, 5) is 25.2. The van der Waals surface area contributed by atoms with Crippen LogP contribution in [0.4, 0.5) is 0 Å². The van der Waals surface area contributed by atoms with Gasteiger partial charge in [0.2, 0.25) is 5.91 Å². The van der Waals surface area contributed by atoms with Gasteiger partial charge in [0.25, 0.3) is 5.91 Å². The van der Waals surface area contributed by atoms with Crippen molar-refractivity contribution in [3.63, 3.8) is 0 Å². The van der Waals surface area contributed by atoms with Crippen molar-refractivity contribution in [2.75, 3.05) is 13.7 Å². The number of benzene rings is 2. The van der Waals surface area contributed by atoms with E-state index in [0.29, 0.717) is 23.4 Å². The van der Waals surface area contributed by atoms with Crippen molar-refractivity contribution >= 4 is 11.8 Å². The SMILES string of the molecule is COc1ccc(C(=O)NC(C(=O)NCC(C)(C)N)c2ccccc2)cc1. The maximum atomic E-state index is 12.7. The zero-order valence-electron chi connectivity index (χ0n) is 15.3.